The molecule has 0 rings (SSSR count). The van der Waals surface area contributed by atoms with Crippen molar-refractivity contribution in [1.82, 2.24) is 0 Å². The Morgan fingerprint density at radius 1 is 0.909 bits per heavy atom. The van der Waals surface area contributed by atoms with E-state index < -0.39 is 43.6 Å². The number of carbonyl (C=O) groups is 2. The minimum absolute atomic E-state index is 0.205. The molecule has 0 amide bonds. The second-order valence-corrected chi connectivity index (χ2v) is 9.67. The summed E-state index contributed by atoms with van der Waals surface area (Å²) in [6.07, 6.45) is -0.410. The predicted molar refractivity (Wildman–Crippen MR) is 81.2 cm³/mol. The Labute approximate surface area is 131 Å². The van der Waals surface area contributed by atoms with Gasteiger partial charge in [-0.1, -0.05) is 41.5 Å². The first-order valence-electron chi connectivity index (χ1n) is 6.85. The van der Waals surface area contributed by atoms with Crippen LogP contribution in [-0.2, 0) is 19.7 Å². The summed E-state index contributed by atoms with van der Waals surface area (Å²) in [6, 6.07) is 0. The van der Waals surface area contributed by atoms with Gasteiger partial charge >= 0.3 is 11.9 Å². The highest BCUT2D eigenvalue weighted by Crippen LogP contribution is 2.47. The van der Waals surface area contributed by atoms with Gasteiger partial charge in [0.2, 0.25) is 0 Å². The van der Waals surface area contributed by atoms with E-state index in [2.05, 4.69) is 0 Å². The lowest BCUT2D eigenvalue weighted by Gasteiger charge is -2.41. The minimum atomic E-state index is -5.09. The Morgan fingerprint density at radius 3 is 1.36 bits per heavy atom. The van der Waals surface area contributed by atoms with E-state index in [1.165, 1.54) is 0 Å². The average molecular weight is 338 g/mol. The molecule has 0 radical (unpaired) electrons. The van der Waals surface area contributed by atoms with Gasteiger partial charge in [-0.15, -0.1) is 0 Å². The van der Waals surface area contributed by atoms with Crippen LogP contribution in [0.2, 0.25) is 0 Å². The maximum Gasteiger partial charge on any atom is 0.325 e. The van der Waals surface area contributed by atoms with Gasteiger partial charge in [-0.25, -0.2) is 0 Å². The third-order valence-corrected chi connectivity index (χ3v) is 4.39. The average Bonchev–Trinajstić information content (AvgIpc) is 2.06. The Bertz CT molecular complexity index is 519. The van der Waals surface area contributed by atoms with Crippen molar-refractivity contribution in [2.75, 3.05) is 0 Å². The van der Waals surface area contributed by atoms with E-state index in [-0.39, 0.29) is 12.8 Å². The van der Waals surface area contributed by atoms with Gasteiger partial charge in [-0.05, 0) is 23.7 Å². The van der Waals surface area contributed by atoms with Crippen LogP contribution in [0.3, 0.4) is 0 Å². The molecular formula is C14H26O7S. The Hall–Kier alpha value is -1.15. The Morgan fingerprint density at radius 2 is 1.23 bits per heavy atom. The van der Waals surface area contributed by atoms with E-state index in [0.717, 1.165) is 0 Å². The first kappa shape index (κ1) is 20.9. The summed E-state index contributed by atoms with van der Waals surface area (Å²) in [7, 11) is -5.09. The van der Waals surface area contributed by atoms with Gasteiger partial charge in [0.1, 0.15) is 0 Å². The topological polar surface area (TPSA) is 129 Å². The van der Waals surface area contributed by atoms with Crippen LogP contribution in [0.1, 0.15) is 54.4 Å². The molecule has 0 aromatic heterocycles. The van der Waals surface area contributed by atoms with Crippen molar-refractivity contribution in [2.45, 2.75) is 59.6 Å². The number of hydrogen-bond donors (Lipinski definition) is 3. The maximum atomic E-state index is 11.9. The summed E-state index contributed by atoms with van der Waals surface area (Å²) in [5.74, 6) is -3.40. The molecular weight excluding hydrogens is 312 g/mol. The van der Waals surface area contributed by atoms with Gasteiger partial charge in [0.25, 0.3) is 10.1 Å². The summed E-state index contributed by atoms with van der Waals surface area (Å²) in [5, 5.41) is 16.6. The molecule has 0 heterocycles. The predicted octanol–water partition coefficient (Wildman–Crippen LogP) is 2.27. The molecule has 0 spiro atoms. The molecule has 0 aliphatic carbocycles. The number of rotatable bonds is 6. The van der Waals surface area contributed by atoms with Crippen LogP contribution in [0.25, 0.3) is 0 Å². The molecule has 0 aromatic rings. The van der Waals surface area contributed by atoms with Gasteiger partial charge in [0.15, 0.2) is 5.25 Å². The highest BCUT2D eigenvalue weighted by atomic mass is 32.2. The second kappa shape index (κ2) is 6.16. The lowest BCUT2D eigenvalue weighted by Crippen LogP contribution is -2.54. The third-order valence-electron chi connectivity index (χ3n) is 3.14. The van der Waals surface area contributed by atoms with E-state index in [9.17, 15) is 32.8 Å². The first-order valence-corrected chi connectivity index (χ1v) is 8.35. The van der Waals surface area contributed by atoms with Crippen LogP contribution in [0.5, 0.6) is 0 Å². The molecule has 0 bridgehead atoms. The quantitative estimate of drug-likeness (QED) is 0.633. The Balaban J connectivity index is 6.49. The lowest BCUT2D eigenvalue weighted by molar-refractivity contribution is -0.159. The summed E-state index contributed by atoms with van der Waals surface area (Å²) in [6.45, 7) is 10.1. The molecule has 3 N–H and O–H groups in total. The molecule has 22 heavy (non-hydrogen) atoms. The fourth-order valence-corrected chi connectivity index (χ4v) is 4.15. The smallest absolute Gasteiger partial charge is 0.325 e. The molecule has 0 fully saturated rings. The van der Waals surface area contributed by atoms with Gasteiger partial charge in [0.05, 0.1) is 5.41 Å². The highest BCUT2D eigenvalue weighted by molar-refractivity contribution is 7.87. The third kappa shape index (κ3) is 5.57. The number of carboxylic acids is 2. The van der Waals surface area contributed by atoms with Crippen molar-refractivity contribution >= 4 is 22.1 Å². The van der Waals surface area contributed by atoms with Gasteiger partial charge in [-0.3, -0.25) is 14.1 Å². The van der Waals surface area contributed by atoms with Gasteiger partial charge in [-0.2, -0.15) is 8.42 Å². The van der Waals surface area contributed by atoms with E-state index in [4.69, 9.17) is 0 Å². The van der Waals surface area contributed by atoms with Gasteiger partial charge in [0, 0.05) is 0 Å². The second-order valence-electron chi connectivity index (χ2n) is 8.17. The van der Waals surface area contributed by atoms with Crippen molar-refractivity contribution in [2.24, 2.45) is 16.2 Å². The zero-order valence-electron chi connectivity index (χ0n) is 13.9. The molecule has 1 atom stereocenters. The fourth-order valence-electron chi connectivity index (χ4n) is 3.05. The summed E-state index contributed by atoms with van der Waals surface area (Å²) in [5.41, 5.74) is -3.43. The highest BCUT2D eigenvalue weighted by Gasteiger charge is 2.58. The van der Waals surface area contributed by atoms with Crippen LogP contribution in [0.4, 0.5) is 0 Å². The molecule has 1 unspecified atom stereocenters. The van der Waals surface area contributed by atoms with Crippen LogP contribution in [-0.4, -0.2) is 40.4 Å². The number of aliphatic carboxylic acids is 2. The summed E-state index contributed by atoms with van der Waals surface area (Å²) < 4.78 is 32.6. The zero-order chi connectivity index (χ0) is 18.1. The molecule has 0 saturated heterocycles. The van der Waals surface area contributed by atoms with Gasteiger partial charge < -0.3 is 10.2 Å². The van der Waals surface area contributed by atoms with E-state index in [1.807, 2.05) is 0 Å². The van der Waals surface area contributed by atoms with Crippen molar-refractivity contribution in [1.29, 1.82) is 0 Å². The molecule has 0 saturated carbocycles. The van der Waals surface area contributed by atoms with Crippen molar-refractivity contribution < 1.29 is 32.8 Å². The molecule has 8 heteroatoms. The summed E-state index contributed by atoms with van der Waals surface area (Å²) in [4.78, 5) is 23.4. The molecule has 0 aliphatic rings. The molecule has 7 nitrogen and oxygen atoms in total. The molecule has 0 aromatic carbocycles. The maximum absolute atomic E-state index is 11.9. The van der Waals surface area contributed by atoms with Crippen LogP contribution in [0, 0.1) is 16.2 Å². The summed E-state index contributed by atoms with van der Waals surface area (Å²) >= 11 is 0. The van der Waals surface area contributed by atoms with Crippen molar-refractivity contribution in [3.8, 4) is 0 Å². The van der Waals surface area contributed by atoms with Crippen LogP contribution < -0.4 is 0 Å². The van der Waals surface area contributed by atoms with Crippen LogP contribution in [0.15, 0.2) is 0 Å². The Kier molecular flexibility index (Phi) is 5.83. The number of hydrogen-bond acceptors (Lipinski definition) is 4. The van der Waals surface area contributed by atoms with E-state index >= 15 is 0 Å². The fraction of sp³-hybridized carbons (Fsp3) is 0.857. The van der Waals surface area contributed by atoms with E-state index in [1.54, 1.807) is 41.5 Å². The zero-order valence-corrected chi connectivity index (χ0v) is 14.7. The van der Waals surface area contributed by atoms with E-state index in [0.29, 0.717) is 0 Å². The first-order chi connectivity index (χ1) is 9.42. The van der Waals surface area contributed by atoms with Crippen LogP contribution >= 0.6 is 0 Å². The standard InChI is InChI=1S/C14H26O7S/c1-12(2,3)7-14(11(17)18,8-13(4,5)6)9(10(15)16)22(19,20)21/h9H,7-8H2,1-6H3,(H,15,16)(H,17,18)(H,19,20,21). The monoisotopic (exact) mass is 338 g/mol. The van der Waals surface area contributed by atoms with Crippen molar-refractivity contribution in [3.05, 3.63) is 0 Å². The van der Waals surface area contributed by atoms with Crippen molar-refractivity contribution in [3.63, 3.8) is 0 Å². The lowest BCUT2D eigenvalue weighted by atomic mass is 9.64. The normalized spacial score (nSPS) is 15.4. The SMILES string of the molecule is CC(C)(C)CC(CC(C)(C)C)(C(=O)O)C(C(=O)O)S(=O)(=O)O. The number of carboxylic acid groups (broad SMARTS) is 2. The minimum Gasteiger partial charge on any atom is -0.481 e. The largest absolute Gasteiger partial charge is 0.481 e. The molecule has 130 valence electrons. The molecule has 0 aliphatic heterocycles.